The lowest BCUT2D eigenvalue weighted by Gasteiger charge is -2.29. The Kier molecular flexibility index (Phi) is 17.4. The smallest absolute Gasteiger partial charge is 0.326 e. The number of carboxylic acids is 1. The number of amides is 6. The summed E-state index contributed by atoms with van der Waals surface area (Å²) < 4.78 is 0. The lowest BCUT2D eigenvalue weighted by molar-refractivity contribution is -0.143. The number of rotatable bonds is 21. The molecule has 0 radical (unpaired) electrons. The van der Waals surface area contributed by atoms with E-state index < -0.39 is 95.9 Å². The summed E-state index contributed by atoms with van der Waals surface area (Å²) in [5.74, 6) is -7.08. The van der Waals surface area contributed by atoms with Gasteiger partial charge in [0.1, 0.15) is 30.2 Å². The van der Waals surface area contributed by atoms with Crippen molar-refractivity contribution in [2.45, 2.75) is 117 Å². The van der Waals surface area contributed by atoms with Gasteiger partial charge in [-0.2, -0.15) is 0 Å². The third-order valence-electron chi connectivity index (χ3n) is 8.03. The van der Waals surface area contributed by atoms with Gasteiger partial charge >= 0.3 is 5.97 Å². The van der Waals surface area contributed by atoms with E-state index in [1.54, 1.807) is 34.6 Å². The number of hydrogen-bond donors (Lipinski definition) is 9. The number of nitrogens with two attached hydrogens (primary N) is 2. The minimum Gasteiger partial charge on any atom is -0.480 e. The fourth-order valence-electron chi connectivity index (χ4n) is 4.81. The van der Waals surface area contributed by atoms with Crippen molar-refractivity contribution in [1.82, 2.24) is 36.6 Å². The molecule has 0 aliphatic rings. The van der Waals surface area contributed by atoms with Crippen LogP contribution in [0.15, 0.2) is 12.5 Å². The highest BCUT2D eigenvalue weighted by molar-refractivity contribution is 5.97. The second kappa shape index (κ2) is 20.1. The molecular formula is C32H55N9O8. The summed E-state index contributed by atoms with van der Waals surface area (Å²) in [7, 11) is 0. The number of nitrogens with zero attached hydrogens (tertiary/aromatic N) is 1. The maximum absolute atomic E-state index is 13.7. The van der Waals surface area contributed by atoms with Gasteiger partial charge in [-0.25, -0.2) is 9.78 Å². The average Bonchev–Trinajstić information content (AvgIpc) is 3.52. The van der Waals surface area contributed by atoms with Crippen LogP contribution in [0.2, 0.25) is 0 Å². The molecule has 49 heavy (non-hydrogen) atoms. The summed E-state index contributed by atoms with van der Waals surface area (Å²) in [6.45, 7) is 13.8. The Labute approximate surface area is 287 Å². The van der Waals surface area contributed by atoms with Gasteiger partial charge in [-0.1, -0.05) is 61.8 Å². The molecule has 7 unspecified atom stereocenters. The SMILES string of the molecule is CCC(C)C(N)C(=O)NC(CC(N)=O)C(=O)NC(C(=O)NC(Cc1cnc[nH]1)C(=O)NC(CC(C)C)C(=O)NC(C(=O)O)C(C)C)C(C)C. The van der Waals surface area contributed by atoms with Crippen molar-refractivity contribution >= 4 is 41.4 Å². The maximum atomic E-state index is 13.7. The van der Waals surface area contributed by atoms with Gasteiger partial charge in [0, 0.05) is 18.3 Å². The fraction of sp³-hybridized carbons (Fsp3) is 0.688. The van der Waals surface area contributed by atoms with Crippen LogP contribution in [0.5, 0.6) is 0 Å². The van der Waals surface area contributed by atoms with E-state index in [1.807, 2.05) is 20.8 Å². The van der Waals surface area contributed by atoms with Crippen LogP contribution in [0.1, 0.15) is 80.3 Å². The van der Waals surface area contributed by atoms with E-state index in [4.69, 9.17) is 11.5 Å². The number of aliphatic carboxylic acids is 1. The molecule has 1 aromatic rings. The zero-order valence-corrected chi connectivity index (χ0v) is 29.7. The van der Waals surface area contributed by atoms with Crippen LogP contribution in [0.4, 0.5) is 0 Å². The third kappa shape index (κ3) is 14.2. The Morgan fingerprint density at radius 1 is 0.755 bits per heavy atom. The number of primary amides is 1. The van der Waals surface area contributed by atoms with E-state index >= 15 is 0 Å². The van der Waals surface area contributed by atoms with E-state index in [1.165, 1.54) is 12.5 Å². The molecule has 0 spiro atoms. The highest BCUT2D eigenvalue weighted by atomic mass is 16.4. The number of aromatic nitrogens is 2. The molecule has 11 N–H and O–H groups in total. The number of imidazole rings is 1. The number of H-pyrrole nitrogens is 1. The van der Waals surface area contributed by atoms with E-state index in [-0.39, 0.29) is 24.7 Å². The topological polar surface area (TPSA) is 281 Å². The van der Waals surface area contributed by atoms with Crippen molar-refractivity contribution in [2.75, 3.05) is 0 Å². The predicted molar refractivity (Wildman–Crippen MR) is 180 cm³/mol. The first-order valence-corrected chi connectivity index (χ1v) is 16.5. The summed E-state index contributed by atoms with van der Waals surface area (Å²) in [5, 5.41) is 22.4. The zero-order chi connectivity index (χ0) is 37.6. The molecule has 1 heterocycles. The zero-order valence-electron chi connectivity index (χ0n) is 29.7. The summed E-state index contributed by atoms with van der Waals surface area (Å²) in [5.41, 5.74) is 11.8. The molecule has 17 heteroatoms. The molecule has 276 valence electrons. The summed E-state index contributed by atoms with van der Waals surface area (Å²) in [4.78, 5) is 97.0. The van der Waals surface area contributed by atoms with Crippen LogP contribution in [-0.2, 0) is 40.0 Å². The molecule has 6 amide bonds. The van der Waals surface area contributed by atoms with Crippen molar-refractivity contribution in [2.24, 2.45) is 35.1 Å². The Bertz CT molecular complexity index is 1290. The highest BCUT2D eigenvalue weighted by Crippen LogP contribution is 2.11. The molecule has 17 nitrogen and oxygen atoms in total. The Morgan fingerprint density at radius 2 is 1.27 bits per heavy atom. The summed E-state index contributed by atoms with van der Waals surface area (Å²) in [6, 6.07) is -7.21. The van der Waals surface area contributed by atoms with Gasteiger partial charge in [0.05, 0.1) is 18.8 Å². The van der Waals surface area contributed by atoms with Crippen LogP contribution in [-0.4, -0.2) is 92.7 Å². The van der Waals surface area contributed by atoms with Gasteiger partial charge in [0.2, 0.25) is 35.4 Å². The van der Waals surface area contributed by atoms with Gasteiger partial charge in [0.25, 0.3) is 0 Å². The largest absolute Gasteiger partial charge is 0.480 e. The highest BCUT2D eigenvalue weighted by Gasteiger charge is 2.35. The fourth-order valence-corrected chi connectivity index (χ4v) is 4.81. The number of nitrogens with one attached hydrogen (secondary N) is 6. The Balaban J connectivity index is 3.29. The number of hydrogen-bond acceptors (Lipinski definition) is 9. The third-order valence-corrected chi connectivity index (χ3v) is 8.03. The Hall–Kier alpha value is -4.54. The first-order chi connectivity index (χ1) is 22.8. The molecule has 0 bridgehead atoms. The molecule has 0 aliphatic heterocycles. The molecule has 7 atom stereocenters. The molecule has 0 fully saturated rings. The minimum absolute atomic E-state index is 0.0758. The molecule has 1 rings (SSSR count). The van der Waals surface area contributed by atoms with E-state index in [9.17, 15) is 38.7 Å². The van der Waals surface area contributed by atoms with E-state index in [0.717, 1.165) is 0 Å². The van der Waals surface area contributed by atoms with Crippen molar-refractivity contribution in [3.8, 4) is 0 Å². The normalized spacial score (nSPS) is 15.7. The van der Waals surface area contributed by atoms with Gasteiger partial charge in [-0.05, 0) is 30.1 Å². The lowest BCUT2D eigenvalue weighted by atomic mass is 9.98. The van der Waals surface area contributed by atoms with Gasteiger partial charge < -0.3 is 48.1 Å². The maximum Gasteiger partial charge on any atom is 0.326 e. The van der Waals surface area contributed by atoms with Crippen LogP contribution in [0.3, 0.4) is 0 Å². The molecule has 0 saturated carbocycles. The summed E-state index contributed by atoms with van der Waals surface area (Å²) >= 11 is 0. The van der Waals surface area contributed by atoms with E-state index in [2.05, 4.69) is 36.6 Å². The molecule has 0 aromatic carbocycles. The lowest BCUT2D eigenvalue weighted by Crippen LogP contribution is -2.61. The van der Waals surface area contributed by atoms with E-state index in [0.29, 0.717) is 12.1 Å². The van der Waals surface area contributed by atoms with Gasteiger partial charge in [0.15, 0.2) is 0 Å². The van der Waals surface area contributed by atoms with Crippen LogP contribution in [0.25, 0.3) is 0 Å². The second-order valence-corrected chi connectivity index (χ2v) is 13.5. The van der Waals surface area contributed by atoms with Crippen molar-refractivity contribution in [3.05, 3.63) is 18.2 Å². The first-order valence-electron chi connectivity index (χ1n) is 16.5. The minimum atomic E-state index is -1.42. The number of aromatic amines is 1. The van der Waals surface area contributed by atoms with Crippen molar-refractivity contribution < 1.29 is 38.7 Å². The number of carbonyl (C=O) groups excluding carboxylic acids is 6. The molecule has 0 aliphatic carbocycles. The van der Waals surface area contributed by atoms with Crippen LogP contribution < -0.4 is 38.1 Å². The quantitative estimate of drug-likeness (QED) is 0.0762. The average molecular weight is 694 g/mol. The molecule has 0 saturated heterocycles. The van der Waals surface area contributed by atoms with Crippen LogP contribution in [0, 0.1) is 23.7 Å². The predicted octanol–water partition coefficient (Wildman–Crippen LogP) is -0.932. The van der Waals surface area contributed by atoms with Gasteiger partial charge in [-0.3, -0.25) is 28.8 Å². The van der Waals surface area contributed by atoms with Crippen molar-refractivity contribution in [3.63, 3.8) is 0 Å². The Morgan fingerprint density at radius 3 is 1.73 bits per heavy atom. The second-order valence-electron chi connectivity index (χ2n) is 13.5. The number of carbonyl (C=O) groups is 7. The van der Waals surface area contributed by atoms with Crippen molar-refractivity contribution in [1.29, 1.82) is 0 Å². The van der Waals surface area contributed by atoms with Crippen LogP contribution >= 0.6 is 0 Å². The van der Waals surface area contributed by atoms with Gasteiger partial charge in [-0.15, -0.1) is 0 Å². The standard InChI is InChI=1S/C32H55N9O8/c1-9-18(8)24(34)30(46)38-22(12-23(33)42)29(45)40-25(16(4)5)31(47)39-21(11-19-13-35-14-36-19)27(43)37-20(10-15(2)3)28(44)41-26(17(6)7)32(48)49/h13-18,20-22,24-26H,9-12,34H2,1-8H3,(H2,33,42)(H,35,36)(H,37,43)(H,38,46)(H,39,47)(H,40,45)(H,41,44)(H,48,49). The molecular weight excluding hydrogens is 638 g/mol. The molecule has 1 aromatic heterocycles. The first kappa shape index (κ1) is 42.5. The number of carboxylic acid groups (broad SMARTS) is 1. The monoisotopic (exact) mass is 693 g/mol. The summed E-state index contributed by atoms with van der Waals surface area (Å²) in [6.07, 6.45) is 2.97.